The van der Waals surface area contributed by atoms with Gasteiger partial charge in [0.1, 0.15) is 0 Å². The molecule has 5 nitrogen and oxygen atoms in total. The number of hydrogen-bond acceptors (Lipinski definition) is 5. The fraction of sp³-hybridized carbons (Fsp3) is 0.111. The van der Waals surface area contributed by atoms with E-state index in [1.54, 1.807) is 36.4 Å². The topological polar surface area (TPSA) is 76.0 Å². The molecule has 0 aliphatic rings. The van der Waals surface area contributed by atoms with Gasteiger partial charge in [0.25, 0.3) is 0 Å². The fourth-order valence-corrected chi connectivity index (χ4v) is 7.37. The van der Waals surface area contributed by atoms with Gasteiger partial charge in [-0.1, -0.05) is 72.8 Å². The molecular formula is C27H25O5P. The van der Waals surface area contributed by atoms with Crippen LogP contribution < -0.4 is 20.1 Å². The predicted octanol–water partition coefficient (Wildman–Crippen LogP) is 5.22. The second kappa shape index (κ2) is 9.43. The van der Waals surface area contributed by atoms with Crippen LogP contribution in [-0.4, -0.2) is 24.4 Å². The van der Waals surface area contributed by atoms with E-state index in [0.717, 1.165) is 0 Å². The normalized spacial score (nSPS) is 11.4. The molecule has 6 heteroatoms. The minimum absolute atomic E-state index is 0.00228. The maximum atomic E-state index is 15.3. The van der Waals surface area contributed by atoms with Gasteiger partial charge in [-0.2, -0.15) is 0 Å². The molecule has 2 N–H and O–H groups in total. The zero-order chi connectivity index (χ0) is 23.4. The lowest BCUT2D eigenvalue weighted by molar-refractivity contribution is 0.372. The highest BCUT2D eigenvalue weighted by atomic mass is 31.2. The van der Waals surface area contributed by atoms with Gasteiger partial charge in [0.05, 0.1) is 19.9 Å². The molecule has 0 bridgehead atoms. The predicted molar refractivity (Wildman–Crippen MR) is 131 cm³/mol. The Morgan fingerprint density at radius 1 is 0.636 bits per heavy atom. The lowest BCUT2D eigenvalue weighted by Gasteiger charge is -2.30. The average molecular weight is 460 g/mol. The van der Waals surface area contributed by atoms with Crippen molar-refractivity contribution < 1.29 is 24.3 Å². The van der Waals surface area contributed by atoms with E-state index in [9.17, 15) is 10.2 Å². The van der Waals surface area contributed by atoms with Gasteiger partial charge in [0.2, 0.25) is 0 Å². The molecule has 0 aliphatic heterocycles. The highest BCUT2D eigenvalue weighted by Gasteiger charge is 2.39. The van der Waals surface area contributed by atoms with Crippen molar-refractivity contribution in [2.45, 2.75) is 5.66 Å². The second-order valence-electron chi connectivity index (χ2n) is 7.59. The summed E-state index contributed by atoms with van der Waals surface area (Å²) in [4.78, 5) is 0. The molecule has 0 spiro atoms. The lowest BCUT2D eigenvalue weighted by Crippen LogP contribution is -2.22. The molecule has 0 saturated carbocycles. The molecule has 0 amide bonds. The molecule has 0 atom stereocenters. The first-order valence-corrected chi connectivity index (χ1v) is 12.2. The van der Waals surface area contributed by atoms with E-state index in [1.165, 1.54) is 14.2 Å². The molecule has 33 heavy (non-hydrogen) atoms. The summed E-state index contributed by atoms with van der Waals surface area (Å²) in [6.07, 6.45) is 0. The van der Waals surface area contributed by atoms with Crippen LogP contribution in [0.1, 0.15) is 16.8 Å². The van der Waals surface area contributed by atoms with Gasteiger partial charge >= 0.3 is 0 Å². The third-order valence-corrected chi connectivity index (χ3v) is 9.14. The summed E-state index contributed by atoms with van der Waals surface area (Å²) >= 11 is 0. The summed E-state index contributed by atoms with van der Waals surface area (Å²) in [7, 11) is -0.388. The number of benzene rings is 4. The zero-order valence-corrected chi connectivity index (χ0v) is 19.3. The molecule has 0 fully saturated rings. The fourth-order valence-electron chi connectivity index (χ4n) is 4.09. The first-order chi connectivity index (χ1) is 16.0. The van der Waals surface area contributed by atoms with E-state index >= 15 is 4.57 Å². The van der Waals surface area contributed by atoms with Crippen molar-refractivity contribution in [1.82, 2.24) is 0 Å². The molecule has 4 aromatic rings. The van der Waals surface area contributed by atoms with Crippen molar-refractivity contribution in [3.05, 3.63) is 108 Å². The second-order valence-corrected chi connectivity index (χ2v) is 10.5. The number of phenolic OH excluding ortho intramolecular Hbond substituents is 2. The van der Waals surface area contributed by atoms with Crippen LogP contribution in [0.5, 0.6) is 23.0 Å². The quantitative estimate of drug-likeness (QED) is 0.370. The Balaban J connectivity index is 2.07. The Morgan fingerprint density at radius 2 is 1.03 bits per heavy atom. The van der Waals surface area contributed by atoms with Crippen molar-refractivity contribution in [3.63, 3.8) is 0 Å². The van der Waals surface area contributed by atoms with Crippen LogP contribution in [0.3, 0.4) is 0 Å². The summed E-state index contributed by atoms with van der Waals surface area (Å²) in [5, 5.41) is 21.8. The summed E-state index contributed by atoms with van der Waals surface area (Å²) in [6, 6.07) is 28.7. The minimum atomic E-state index is -3.34. The molecule has 0 radical (unpaired) electrons. The van der Waals surface area contributed by atoms with Crippen molar-refractivity contribution >= 4 is 17.8 Å². The molecule has 4 aromatic carbocycles. The molecule has 4 rings (SSSR count). The minimum Gasteiger partial charge on any atom is -0.504 e. The third kappa shape index (κ3) is 4.20. The van der Waals surface area contributed by atoms with Crippen molar-refractivity contribution in [2.24, 2.45) is 0 Å². The van der Waals surface area contributed by atoms with Crippen LogP contribution in [0.4, 0.5) is 0 Å². The van der Waals surface area contributed by atoms with E-state index in [-0.39, 0.29) is 23.0 Å². The van der Waals surface area contributed by atoms with Gasteiger partial charge in [0.15, 0.2) is 30.1 Å². The van der Waals surface area contributed by atoms with Crippen LogP contribution >= 0.6 is 7.14 Å². The summed E-state index contributed by atoms with van der Waals surface area (Å²) in [5.41, 5.74) is 0.771. The summed E-state index contributed by atoms with van der Waals surface area (Å²) in [6.45, 7) is 0. The average Bonchev–Trinajstić information content (AvgIpc) is 2.87. The van der Waals surface area contributed by atoms with Crippen LogP contribution in [0.25, 0.3) is 0 Å². The third-order valence-electron chi connectivity index (χ3n) is 5.68. The lowest BCUT2D eigenvalue weighted by atomic mass is 10.0. The number of rotatable bonds is 7. The molecule has 0 saturated heterocycles. The van der Waals surface area contributed by atoms with E-state index in [1.807, 2.05) is 60.7 Å². The standard InChI is InChI=1S/C27H25O5P/c1-31-25-17-19(13-15-23(25)28)27(20-14-16-24(29)26(18-20)32-2)33(30,21-9-5-3-6-10-21)22-11-7-4-8-12-22/h3-18,27-29H,1-2H3. The summed E-state index contributed by atoms with van der Waals surface area (Å²) < 4.78 is 26.0. The molecule has 0 unspecified atom stereocenters. The Labute approximate surface area is 193 Å². The molecule has 0 aliphatic carbocycles. The summed E-state index contributed by atoms with van der Waals surface area (Å²) in [5.74, 6) is 0.571. The first-order valence-electron chi connectivity index (χ1n) is 10.4. The van der Waals surface area contributed by atoms with Gasteiger partial charge in [-0.25, -0.2) is 0 Å². The smallest absolute Gasteiger partial charge is 0.160 e. The largest absolute Gasteiger partial charge is 0.504 e. The van der Waals surface area contributed by atoms with E-state index < -0.39 is 12.8 Å². The molecule has 0 aromatic heterocycles. The Kier molecular flexibility index (Phi) is 6.43. The SMILES string of the molecule is COc1cc(C(c2ccc(O)c(OC)c2)P(=O)(c2ccccc2)c2ccccc2)ccc1O. The molecule has 0 heterocycles. The number of phenols is 2. The van der Waals surface area contributed by atoms with E-state index in [4.69, 9.17) is 9.47 Å². The maximum Gasteiger partial charge on any atom is 0.160 e. The Bertz CT molecular complexity index is 1190. The van der Waals surface area contributed by atoms with Crippen molar-refractivity contribution in [2.75, 3.05) is 14.2 Å². The zero-order valence-electron chi connectivity index (χ0n) is 18.4. The van der Waals surface area contributed by atoms with Crippen LogP contribution in [-0.2, 0) is 4.57 Å². The highest BCUT2D eigenvalue weighted by Crippen LogP contribution is 2.61. The van der Waals surface area contributed by atoms with Gasteiger partial charge in [-0.05, 0) is 35.4 Å². The van der Waals surface area contributed by atoms with Crippen molar-refractivity contribution in [1.29, 1.82) is 0 Å². The number of methoxy groups -OCH3 is 2. The first kappa shape index (κ1) is 22.5. The van der Waals surface area contributed by atoms with E-state index in [0.29, 0.717) is 21.7 Å². The number of hydrogen-bond donors (Lipinski definition) is 2. The Hall–Kier alpha value is -3.69. The van der Waals surface area contributed by atoms with Crippen LogP contribution in [0, 0.1) is 0 Å². The van der Waals surface area contributed by atoms with Gasteiger partial charge in [-0.15, -0.1) is 0 Å². The van der Waals surface area contributed by atoms with Gasteiger partial charge in [-0.3, -0.25) is 0 Å². The van der Waals surface area contributed by atoms with Gasteiger partial charge in [0, 0.05) is 10.6 Å². The van der Waals surface area contributed by atoms with Crippen LogP contribution in [0.15, 0.2) is 97.1 Å². The number of aromatic hydroxyl groups is 2. The molecular weight excluding hydrogens is 435 g/mol. The van der Waals surface area contributed by atoms with Crippen molar-refractivity contribution in [3.8, 4) is 23.0 Å². The Morgan fingerprint density at radius 3 is 1.39 bits per heavy atom. The van der Waals surface area contributed by atoms with Crippen LogP contribution in [0.2, 0.25) is 0 Å². The molecule has 168 valence electrons. The van der Waals surface area contributed by atoms with E-state index in [2.05, 4.69) is 0 Å². The highest BCUT2D eigenvalue weighted by molar-refractivity contribution is 7.79. The number of ether oxygens (including phenoxy) is 2. The maximum absolute atomic E-state index is 15.3. The monoisotopic (exact) mass is 460 g/mol. The van der Waals surface area contributed by atoms with Gasteiger partial charge < -0.3 is 24.3 Å².